The molecule has 0 atom stereocenters. The molecule has 0 spiro atoms. The highest BCUT2D eigenvalue weighted by Crippen LogP contribution is 2.03. The second-order valence-electron chi connectivity index (χ2n) is 3.27. The number of hydrogen-bond acceptors (Lipinski definition) is 2. The van der Waals surface area contributed by atoms with E-state index < -0.39 is 0 Å². The minimum atomic E-state index is -0.367. The Morgan fingerprint density at radius 3 is 2.75 bits per heavy atom. The molecule has 1 N–H and O–H groups in total. The number of rotatable bonds is 2. The minimum Gasteiger partial charge on any atom is -0.425 e. The Morgan fingerprint density at radius 2 is 2.17 bits per heavy atom. The monoisotopic (exact) mass is 167 g/mol. The molecule has 0 unspecified atom stereocenters. The zero-order valence-corrected chi connectivity index (χ0v) is 7.32. The van der Waals surface area contributed by atoms with Gasteiger partial charge in [-0.1, -0.05) is 19.9 Å². The lowest BCUT2D eigenvalue weighted by atomic mass is 10.1. The van der Waals surface area contributed by atoms with Crippen molar-refractivity contribution < 1.29 is 5.21 Å². The van der Waals surface area contributed by atoms with E-state index in [2.05, 4.69) is 0 Å². The molecule has 1 aromatic heterocycles. The molecule has 0 saturated heterocycles. The standard InChI is InChI=1S/C9H13NO2/c1-7(2)6-8-4-3-5-9(11)10(8)12/h3-5,7,12H,6H2,1-2H3. The fourth-order valence-electron chi connectivity index (χ4n) is 1.10. The van der Waals surface area contributed by atoms with E-state index >= 15 is 0 Å². The van der Waals surface area contributed by atoms with Gasteiger partial charge in [0.25, 0.3) is 5.56 Å². The van der Waals surface area contributed by atoms with Crippen molar-refractivity contribution in [3.63, 3.8) is 0 Å². The third kappa shape index (κ3) is 1.87. The summed E-state index contributed by atoms with van der Waals surface area (Å²) in [5.74, 6) is 0.435. The van der Waals surface area contributed by atoms with Gasteiger partial charge in [0.15, 0.2) is 0 Å². The van der Waals surface area contributed by atoms with Crippen LogP contribution in [0.25, 0.3) is 0 Å². The Kier molecular flexibility index (Phi) is 2.53. The van der Waals surface area contributed by atoms with Crippen molar-refractivity contribution in [2.75, 3.05) is 0 Å². The topological polar surface area (TPSA) is 42.2 Å². The molecule has 0 radical (unpaired) electrons. The maximum Gasteiger partial charge on any atom is 0.283 e. The van der Waals surface area contributed by atoms with Gasteiger partial charge in [-0.25, -0.2) is 0 Å². The SMILES string of the molecule is CC(C)Cc1cccc(=O)n1O. The number of pyridine rings is 1. The summed E-state index contributed by atoms with van der Waals surface area (Å²) >= 11 is 0. The Balaban J connectivity index is 3.00. The van der Waals surface area contributed by atoms with Crippen LogP contribution < -0.4 is 5.56 Å². The Labute approximate surface area is 71.2 Å². The van der Waals surface area contributed by atoms with Crippen molar-refractivity contribution in [2.45, 2.75) is 20.3 Å². The Hall–Kier alpha value is -1.25. The van der Waals surface area contributed by atoms with E-state index in [-0.39, 0.29) is 5.56 Å². The lowest BCUT2D eigenvalue weighted by Gasteiger charge is -2.07. The van der Waals surface area contributed by atoms with Crippen molar-refractivity contribution in [1.29, 1.82) is 0 Å². The van der Waals surface area contributed by atoms with Crippen LogP contribution in [0.2, 0.25) is 0 Å². The van der Waals surface area contributed by atoms with Gasteiger partial charge >= 0.3 is 0 Å². The molecule has 0 fully saturated rings. The van der Waals surface area contributed by atoms with E-state index in [1.807, 2.05) is 13.8 Å². The quantitative estimate of drug-likeness (QED) is 0.674. The number of hydrogen-bond donors (Lipinski definition) is 1. The van der Waals surface area contributed by atoms with E-state index in [0.717, 1.165) is 0 Å². The van der Waals surface area contributed by atoms with Crippen molar-refractivity contribution in [1.82, 2.24) is 4.73 Å². The van der Waals surface area contributed by atoms with Crippen LogP contribution in [0.5, 0.6) is 0 Å². The number of nitrogens with zero attached hydrogens (tertiary/aromatic N) is 1. The predicted octanol–water partition coefficient (Wildman–Crippen LogP) is 1.28. The first kappa shape index (κ1) is 8.84. The maximum atomic E-state index is 10.9. The molecule has 3 nitrogen and oxygen atoms in total. The Morgan fingerprint density at radius 1 is 1.50 bits per heavy atom. The molecule has 1 rings (SSSR count). The summed E-state index contributed by atoms with van der Waals surface area (Å²) in [4.78, 5) is 10.9. The fourth-order valence-corrected chi connectivity index (χ4v) is 1.10. The third-order valence-corrected chi connectivity index (χ3v) is 1.63. The molecule has 0 aromatic carbocycles. The van der Waals surface area contributed by atoms with Gasteiger partial charge in [0.05, 0.1) is 5.69 Å². The van der Waals surface area contributed by atoms with E-state index in [9.17, 15) is 10.0 Å². The van der Waals surface area contributed by atoms with E-state index in [4.69, 9.17) is 0 Å². The van der Waals surface area contributed by atoms with Crippen LogP contribution in [0.15, 0.2) is 23.0 Å². The van der Waals surface area contributed by atoms with Crippen molar-refractivity contribution >= 4 is 0 Å². The molecular formula is C9H13NO2. The molecule has 66 valence electrons. The molecule has 1 aromatic rings. The van der Waals surface area contributed by atoms with Gasteiger partial charge in [0.1, 0.15) is 0 Å². The summed E-state index contributed by atoms with van der Waals surface area (Å²) in [6, 6.07) is 4.75. The van der Waals surface area contributed by atoms with Crippen LogP contribution in [0, 0.1) is 5.92 Å². The first-order valence-electron chi connectivity index (χ1n) is 4.01. The smallest absolute Gasteiger partial charge is 0.283 e. The lowest BCUT2D eigenvalue weighted by molar-refractivity contribution is 0.163. The molecule has 0 amide bonds. The molecule has 3 heteroatoms. The third-order valence-electron chi connectivity index (χ3n) is 1.63. The average Bonchev–Trinajstić information content (AvgIpc) is 1.98. The normalized spacial score (nSPS) is 10.6. The van der Waals surface area contributed by atoms with Gasteiger partial charge in [-0.05, 0) is 18.4 Å². The van der Waals surface area contributed by atoms with Crippen LogP contribution in [0.3, 0.4) is 0 Å². The molecule has 0 aliphatic carbocycles. The van der Waals surface area contributed by atoms with Crippen LogP contribution >= 0.6 is 0 Å². The minimum absolute atomic E-state index is 0.367. The zero-order chi connectivity index (χ0) is 9.14. The van der Waals surface area contributed by atoms with Crippen molar-refractivity contribution in [3.05, 3.63) is 34.2 Å². The molecule has 0 saturated carbocycles. The molecular weight excluding hydrogens is 154 g/mol. The van der Waals surface area contributed by atoms with Crippen LogP contribution in [0.4, 0.5) is 0 Å². The largest absolute Gasteiger partial charge is 0.425 e. The fraction of sp³-hybridized carbons (Fsp3) is 0.444. The highest BCUT2D eigenvalue weighted by atomic mass is 16.5. The zero-order valence-electron chi connectivity index (χ0n) is 7.32. The van der Waals surface area contributed by atoms with E-state index in [1.54, 1.807) is 12.1 Å². The first-order chi connectivity index (χ1) is 5.61. The first-order valence-corrected chi connectivity index (χ1v) is 4.01. The molecule has 1 heterocycles. The van der Waals surface area contributed by atoms with Gasteiger partial charge in [0.2, 0.25) is 0 Å². The summed E-state index contributed by atoms with van der Waals surface area (Å²) in [6.07, 6.45) is 0.715. The Bertz CT molecular complexity index is 315. The lowest BCUT2D eigenvalue weighted by Crippen LogP contribution is -2.20. The summed E-state index contributed by atoms with van der Waals surface area (Å²) in [6.45, 7) is 4.08. The van der Waals surface area contributed by atoms with Crippen LogP contribution in [0.1, 0.15) is 19.5 Å². The van der Waals surface area contributed by atoms with Gasteiger partial charge in [-0.15, -0.1) is 0 Å². The summed E-state index contributed by atoms with van der Waals surface area (Å²) in [5.41, 5.74) is 0.297. The second-order valence-corrected chi connectivity index (χ2v) is 3.27. The highest BCUT2D eigenvalue weighted by Gasteiger charge is 2.03. The van der Waals surface area contributed by atoms with Crippen molar-refractivity contribution in [3.8, 4) is 0 Å². The second kappa shape index (κ2) is 3.43. The van der Waals surface area contributed by atoms with Crippen LogP contribution in [-0.4, -0.2) is 9.94 Å². The maximum absolute atomic E-state index is 10.9. The van der Waals surface area contributed by atoms with E-state index in [0.29, 0.717) is 22.8 Å². The summed E-state index contributed by atoms with van der Waals surface area (Å²) < 4.78 is 0.708. The van der Waals surface area contributed by atoms with Gasteiger partial charge in [-0.3, -0.25) is 4.79 Å². The van der Waals surface area contributed by atoms with Gasteiger partial charge in [-0.2, -0.15) is 4.73 Å². The van der Waals surface area contributed by atoms with Crippen LogP contribution in [-0.2, 0) is 6.42 Å². The molecule has 12 heavy (non-hydrogen) atoms. The summed E-state index contributed by atoms with van der Waals surface area (Å²) in [7, 11) is 0. The average molecular weight is 167 g/mol. The summed E-state index contributed by atoms with van der Waals surface area (Å²) in [5, 5.41) is 9.25. The number of aromatic nitrogens is 1. The van der Waals surface area contributed by atoms with E-state index in [1.165, 1.54) is 6.07 Å². The van der Waals surface area contributed by atoms with Gasteiger partial charge < -0.3 is 5.21 Å². The molecule has 0 aliphatic heterocycles. The van der Waals surface area contributed by atoms with Gasteiger partial charge in [0, 0.05) is 6.07 Å². The highest BCUT2D eigenvalue weighted by molar-refractivity contribution is 5.05. The van der Waals surface area contributed by atoms with Crippen molar-refractivity contribution in [2.24, 2.45) is 5.92 Å². The molecule has 0 bridgehead atoms. The predicted molar refractivity (Wildman–Crippen MR) is 46.4 cm³/mol. The molecule has 0 aliphatic rings.